The molecule has 1 aromatic rings. The Labute approximate surface area is 117 Å². The van der Waals surface area contributed by atoms with Gasteiger partial charge in [0, 0.05) is 20.6 Å². The molecule has 0 spiro atoms. The van der Waals surface area contributed by atoms with Crippen LogP contribution in [0, 0.1) is 5.92 Å². The zero-order chi connectivity index (χ0) is 14.9. The van der Waals surface area contributed by atoms with E-state index in [1.807, 2.05) is 0 Å². The first-order chi connectivity index (χ1) is 9.38. The zero-order valence-electron chi connectivity index (χ0n) is 12.3. The molecule has 2 atom stereocenters. The summed E-state index contributed by atoms with van der Waals surface area (Å²) >= 11 is 0. The van der Waals surface area contributed by atoms with Gasteiger partial charge in [-0.05, 0) is 18.8 Å². The molecule has 0 bridgehead atoms. The van der Waals surface area contributed by atoms with Crippen LogP contribution in [0.2, 0.25) is 0 Å². The lowest BCUT2D eigenvalue weighted by Gasteiger charge is -2.40. The second-order valence-corrected chi connectivity index (χ2v) is 5.93. The SMILES string of the molecule is CC1CCCC(CN)(Nc2nn(C)c(=O)n(C)c2=O)C1. The molecule has 0 aliphatic heterocycles. The molecular weight excluding hydrogens is 258 g/mol. The van der Waals surface area contributed by atoms with E-state index in [9.17, 15) is 9.59 Å². The molecule has 1 heterocycles. The van der Waals surface area contributed by atoms with Crippen LogP contribution < -0.4 is 22.3 Å². The number of aromatic nitrogens is 3. The number of nitrogens with two attached hydrogens (primary N) is 1. The Bertz CT molecular complexity index is 606. The first kappa shape index (κ1) is 14.8. The average molecular weight is 281 g/mol. The second-order valence-electron chi connectivity index (χ2n) is 5.93. The Balaban J connectivity index is 2.38. The van der Waals surface area contributed by atoms with Gasteiger partial charge in [0.05, 0.1) is 5.54 Å². The highest BCUT2D eigenvalue weighted by Gasteiger charge is 2.34. The molecule has 0 saturated heterocycles. The third-order valence-electron chi connectivity index (χ3n) is 4.19. The fourth-order valence-corrected chi connectivity index (χ4v) is 3.04. The minimum absolute atomic E-state index is 0.203. The molecule has 112 valence electrons. The van der Waals surface area contributed by atoms with E-state index in [4.69, 9.17) is 5.73 Å². The Morgan fingerprint density at radius 2 is 2.15 bits per heavy atom. The normalized spacial score (nSPS) is 26.5. The summed E-state index contributed by atoms with van der Waals surface area (Å²) in [5.74, 6) is 0.769. The van der Waals surface area contributed by atoms with Gasteiger partial charge in [-0.2, -0.15) is 0 Å². The van der Waals surface area contributed by atoms with Gasteiger partial charge < -0.3 is 11.1 Å². The van der Waals surface area contributed by atoms with E-state index in [1.54, 1.807) is 0 Å². The van der Waals surface area contributed by atoms with Crippen molar-refractivity contribution in [3.8, 4) is 0 Å². The first-order valence-corrected chi connectivity index (χ1v) is 7.01. The zero-order valence-corrected chi connectivity index (χ0v) is 12.3. The van der Waals surface area contributed by atoms with Gasteiger partial charge in [-0.3, -0.25) is 9.36 Å². The summed E-state index contributed by atoms with van der Waals surface area (Å²) in [7, 11) is 2.99. The smallest absolute Gasteiger partial charge is 0.346 e. The van der Waals surface area contributed by atoms with Gasteiger partial charge in [0.15, 0.2) is 0 Å². The van der Waals surface area contributed by atoms with E-state index in [0.29, 0.717) is 12.5 Å². The van der Waals surface area contributed by atoms with Crippen molar-refractivity contribution in [3.05, 3.63) is 20.8 Å². The van der Waals surface area contributed by atoms with Crippen LogP contribution in [0.1, 0.15) is 32.6 Å². The monoisotopic (exact) mass is 281 g/mol. The first-order valence-electron chi connectivity index (χ1n) is 7.01. The molecule has 7 nitrogen and oxygen atoms in total. The van der Waals surface area contributed by atoms with Crippen molar-refractivity contribution in [1.29, 1.82) is 0 Å². The standard InChI is InChI=1S/C13H23N5O2/c1-9-5-4-6-13(7-9,8-14)15-10-11(19)17(2)12(20)18(3)16-10/h9H,4-8,14H2,1-3H3,(H,15,16). The molecule has 0 aromatic carbocycles. The average Bonchev–Trinajstić information content (AvgIpc) is 2.42. The highest BCUT2D eigenvalue weighted by atomic mass is 16.2. The number of hydrogen-bond acceptors (Lipinski definition) is 5. The Morgan fingerprint density at radius 1 is 1.45 bits per heavy atom. The van der Waals surface area contributed by atoms with Gasteiger partial charge in [0.25, 0.3) is 5.56 Å². The van der Waals surface area contributed by atoms with E-state index in [-0.39, 0.29) is 11.4 Å². The maximum absolute atomic E-state index is 12.1. The Kier molecular flexibility index (Phi) is 3.99. The van der Waals surface area contributed by atoms with Gasteiger partial charge in [0.2, 0.25) is 5.82 Å². The summed E-state index contributed by atoms with van der Waals surface area (Å²) in [6.45, 7) is 2.64. The lowest BCUT2D eigenvalue weighted by Crippen LogP contribution is -2.51. The summed E-state index contributed by atoms with van der Waals surface area (Å²) < 4.78 is 2.23. The molecule has 1 aromatic heterocycles. The largest absolute Gasteiger partial charge is 0.357 e. The van der Waals surface area contributed by atoms with Gasteiger partial charge >= 0.3 is 5.69 Å². The molecule has 3 N–H and O–H groups in total. The van der Waals surface area contributed by atoms with Crippen molar-refractivity contribution in [2.24, 2.45) is 25.7 Å². The van der Waals surface area contributed by atoms with Crippen LogP contribution in [0.15, 0.2) is 9.59 Å². The third kappa shape index (κ3) is 2.63. The molecule has 0 radical (unpaired) electrons. The molecule has 20 heavy (non-hydrogen) atoms. The van der Waals surface area contributed by atoms with Crippen molar-refractivity contribution >= 4 is 5.82 Å². The molecule has 1 aliphatic rings. The van der Waals surface area contributed by atoms with Crippen molar-refractivity contribution in [2.45, 2.75) is 38.1 Å². The number of anilines is 1. The van der Waals surface area contributed by atoms with Gasteiger partial charge in [-0.25, -0.2) is 9.48 Å². The van der Waals surface area contributed by atoms with E-state index in [2.05, 4.69) is 17.3 Å². The lowest BCUT2D eigenvalue weighted by molar-refractivity contribution is 0.262. The fourth-order valence-electron chi connectivity index (χ4n) is 3.04. The molecule has 7 heteroatoms. The van der Waals surface area contributed by atoms with Crippen LogP contribution in [-0.2, 0) is 14.1 Å². The quantitative estimate of drug-likeness (QED) is 0.800. The lowest BCUT2D eigenvalue weighted by atomic mass is 9.76. The molecule has 2 rings (SSSR count). The summed E-state index contributed by atoms with van der Waals surface area (Å²) in [6.07, 6.45) is 4.10. The predicted octanol–water partition coefficient (Wildman–Crippen LogP) is -0.201. The summed E-state index contributed by atoms with van der Waals surface area (Å²) in [5, 5.41) is 7.27. The van der Waals surface area contributed by atoms with Crippen LogP contribution in [0.25, 0.3) is 0 Å². The number of nitrogens with zero attached hydrogens (tertiary/aromatic N) is 3. The minimum Gasteiger partial charge on any atom is -0.357 e. The molecular formula is C13H23N5O2. The highest BCUT2D eigenvalue weighted by Crippen LogP contribution is 2.33. The number of nitrogens with one attached hydrogen (secondary N) is 1. The molecule has 1 aliphatic carbocycles. The summed E-state index contributed by atoms with van der Waals surface area (Å²) in [5.41, 5.74) is 4.80. The van der Waals surface area contributed by atoms with Crippen LogP contribution >= 0.6 is 0 Å². The van der Waals surface area contributed by atoms with Gasteiger partial charge in [-0.1, -0.05) is 19.8 Å². The predicted molar refractivity (Wildman–Crippen MR) is 77.8 cm³/mol. The van der Waals surface area contributed by atoms with Crippen LogP contribution in [0.4, 0.5) is 5.82 Å². The maximum Gasteiger partial charge on any atom is 0.346 e. The van der Waals surface area contributed by atoms with Gasteiger partial charge in [-0.15, -0.1) is 5.10 Å². The van der Waals surface area contributed by atoms with Crippen molar-refractivity contribution in [3.63, 3.8) is 0 Å². The molecule has 1 saturated carbocycles. The van der Waals surface area contributed by atoms with Crippen molar-refractivity contribution < 1.29 is 0 Å². The van der Waals surface area contributed by atoms with Crippen LogP contribution in [0.5, 0.6) is 0 Å². The van der Waals surface area contributed by atoms with Crippen molar-refractivity contribution in [1.82, 2.24) is 14.3 Å². The van der Waals surface area contributed by atoms with Crippen molar-refractivity contribution in [2.75, 3.05) is 11.9 Å². The molecule has 1 fully saturated rings. The van der Waals surface area contributed by atoms with E-state index in [1.165, 1.54) is 25.2 Å². The molecule has 2 unspecified atom stereocenters. The Morgan fingerprint density at radius 3 is 2.75 bits per heavy atom. The molecule has 0 amide bonds. The van der Waals surface area contributed by atoms with E-state index in [0.717, 1.165) is 23.8 Å². The minimum atomic E-state index is -0.431. The Hall–Kier alpha value is -1.63. The maximum atomic E-state index is 12.1. The number of aryl methyl sites for hydroxylation is 1. The van der Waals surface area contributed by atoms with E-state index < -0.39 is 11.2 Å². The highest BCUT2D eigenvalue weighted by molar-refractivity contribution is 5.35. The fraction of sp³-hybridized carbons (Fsp3) is 0.769. The summed E-state index contributed by atoms with van der Waals surface area (Å²) in [4.78, 5) is 23.8. The van der Waals surface area contributed by atoms with Gasteiger partial charge in [0.1, 0.15) is 0 Å². The summed E-state index contributed by atoms with van der Waals surface area (Å²) in [6, 6.07) is 0. The topological polar surface area (TPSA) is 94.9 Å². The second kappa shape index (κ2) is 5.40. The third-order valence-corrected chi connectivity index (χ3v) is 4.19. The van der Waals surface area contributed by atoms with Crippen LogP contribution in [-0.4, -0.2) is 26.4 Å². The van der Waals surface area contributed by atoms with E-state index >= 15 is 0 Å². The van der Waals surface area contributed by atoms with Crippen LogP contribution in [0.3, 0.4) is 0 Å². The number of hydrogen-bond donors (Lipinski definition) is 2. The number of rotatable bonds is 3.